The summed E-state index contributed by atoms with van der Waals surface area (Å²) in [5, 5.41) is 3.36. The van der Waals surface area contributed by atoms with Crippen LogP contribution in [0.2, 0.25) is 0 Å². The molecule has 2 rings (SSSR count). The van der Waals surface area contributed by atoms with Crippen LogP contribution in [0.3, 0.4) is 0 Å². The van der Waals surface area contributed by atoms with E-state index in [-0.39, 0.29) is 24.8 Å². The first-order valence-electron chi connectivity index (χ1n) is 5.85. The monoisotopic (exact) mass is 299 g/mol. The van der Waals surface area contributed by atoms with Crippen molar-refractivity contribution in [1.82, 2.24) is 15.3 Å². The van der Waals surface area contributed by atoms with Gasteiger partial charge in [-0.25, -0.2) is 4.98 Å². The molecule has 0 aliphatic rings. The molecule has 1 aromatic carbocycles. The number of aromatic amines is 1. The highest BCUT2D eigenvalue weighted by atomic mass is 35.5. The number of halogens is 2. The summed E-state index contributed by atoms with van der Waals surface area (Å²) < 4.78 is 0. The van der Waals surface area contributed by atoms with E-state index in [2.05, 4.69) is 39.6 Å². The second-order valence-electron chi connectivity index (χ2n) is 3.84. The van der Waals surface area contributed by atoms with Crippen LogP contribution in [0.4, 0.5) is 0 Å². The van der Waals surface area contributed by atoms with E-state index in [1.165, 1.54) is 11.3 Å². The third kappa shape index (κ3) is 7.01. The number of rotatable bonds is 6. The molecule has 1 heterocycles. The zero-order valence-corrected chi connectivity index (χ0v) is 12.2. The summed E-state index contributed by atoms with van der Waals surface area (Å²) in [7, 11) is 0. The topological polar surface area (TPSA) is 40.7 Å². The smallest absolute Gasteiger partial charge is 0.0921 e. The standard InChI is InChI=1S/C14H17N3.2ClH/c1-2-5-13(6-3-1)7-4-9-15-10-8-14-11-16-12-17-14;;/h1-7,11-12,15H,8-10H2,(H,16,17);2*1H/b7-4+;;. The molecule has 0 fully saturated rings. The van der Waals surface area contributed by atoms with Crippen LogP contribution in [0.5, 0.6) is 0 Å². The molecule has 1 aromatic heterocycles. The van der Waals surface area contributed by atoms with E-state index < -0.39 is 0 Å². The molecule has 19 heavy (non-hydrogen) atoms. The summed E-state index contributed by atoms with van der Waals surface area (Å²) in [6.07, 6.45) is 8.83. The third-order valence-corrected chi connectivity index (χ3v) is 2.50. The number of aromatic nitrogens is 2. The van der Waals surface area contributed by atoms with Crippen molar-refractivity contribution >= 4 is 30.9 Å². The molecule has 0 aliphatic carbocycles. The van der Waals surface area contributed by atoms with Gasteiger partial charge in [0, 0.05) is 31.4 Å². The fraction of sp³-hybridized carbons (Fsp3) is 0.214. The third-order valence-electron chi connectivity index (χ3n) is 2.50. The number of hydrogen-bond acceptors (Lipinski definition) is 2. The summed E-state index contributed by atoms with van der Waals surface area (Å²) >= 11 is 0. The van der Waals surface area contributed by atoms with Crippen LogP contribution in [0.25, 0.3) is 6.08 Å². The first kappa shape index (κ1) is 17.7. The van der Waals surface area contributed by atoms with E-state index in [9.17, 15) is 0 Å². The van der Waals surface area contributed by atoms with Gasteiger partial charge in [-0.3, -0.25) is 0 Å². The predicted octanol–water partition coefficient (Wildman–Crippen LogP) is 3.10. The maximum atomic E-state index is 3.98. The normalized spacial score (nSPS) is 9.89. The van der Waals surface area contributed by atoms with Crippen LogP contribution >= 0.6 is 24.8 Å². The first-order chi connectivity index (χ1) is 8.45. The van der Waals surface area contributed by atoms with Crippen molar-refractivity contribution in [1.29, 1.82) is 0 Å². The van der Waals surface area contributed by atoms with Gasteiger partial charge in [0.1, 0.15) is 0 Å². The summed E-state index contributed by atoms with van der Waals surface area (Å²) in [5.41, 5.74) is 2.41. The zero-order chi connectivity index (χ0) is 11.8. The minimum Gasteiger partial charge on any atom is -0.348 e. The van der Waals surface area contributed by atoms with Crippen LogP contribution in [0.1, 0.15) is 11.3 Å². The van der Waals surface area contributed by atoms with Crippen LogP contribution in [0, 0.1) is 0 Å². The highest BCUT2D eigenvalue weighted by Gasteiger charge is 1.91. The second-order valence-corrected chi connectivity index (χ2v) is 3.84. The number of hydrogen-bond donors (Lipinski definition) is 2. The van der Waals surface area contributed by atoms with E-state index >= 15 is 0 Å². The first-order valence-corrected chi connectivity index (χ1v) is 5.85. The van der Waals surface area contributed by atoms with E-state index in [1.807, 2.05) is 24.4 Å². The molecule has 0 amide bonds. The van der Waals surface area contributed by atoms with E-state index in [0.29, 0.717) is 0 Å². The molecule has 0 saturated carbocycles. The van der Waals surface area contributed by atoms with Crippen molar-refractivity contribution in [3.63, 3.8) is 0 Å². The Kier molecular flexibility index (Phi) is 9.90. The lowest BCUT2D eigenvalue weighted by Crippen LogP contribution is -2.17. The number of benzene rings is 1. The quantitative estimate of drug-likeness (QED) is 0.805. The van der Waals surface area contributed by atoms with Gasteiger partial charge in [-0.1, -0.05) is 42.5 Å². The number of nitrogens with zero attached hydrogens (tertiary/aromatic N) is 1. The van der Waals surface area contributed by atoms with Gasteiger partial charge in [0.2, 0.25) is 0 Å². The van der Waals surface area contributed by atoms with Crippen LogP contribution in [-0.4, -0.2) is 23.1 Å². The molecule has 5 heteroatoms. The molecule has 0 saturated heterocycles. The van der Waals surface area contributed by atoms with Crippen molar-refractivity contribution in [2.24, 2.45) is 0 Å². The van der Waals surface area contributed by atoms with E-state index in [4.69, 9.17) is 0 Å². The Morgan fingerprint density at radius 3 is 2.63 bits per heavy atom. The Balaban J connectivity index is 0.00000162. The van der Waals surface area contributed by atoms with Gasteiger partial charge in [0.15, 0.2) is 0 Å². The molecule has 0 spiro atoms. The highest BCUT2D eigenvalue weighted by molar-refractivity contribution is 5.85. The zero-order valence-electron chi connectivity index (χ0n) is 10.6. The van der Waals surface area contributed by atoms with Crippen LogP contribution in [0.15, 0.2) is 48.9 Å². The average molecular weight is 300 g/mol. The number of nitrogens with one attached hydrogen (secondary N) is 2. The van der Waals surface area contributed by atoms with E-state index in [0.717, 1.165) is 19.5 Å². The molecule has 0 bridgehead atoms. The van der Waals surface area contributed by atoms with Gasteiger partial charge in [-0.15, -0.1) is 24.8 Å². The Morgan fingerprint density at radius 1 is 1.16 bits per heavy atom. The Morgan fingerprint density at radius 2 is 1.95 bits per heavy atom. The number of H-pyrrole nitrogens is 1. The van der Waals surface area contributed by atoms with Crippen molar-refractivity contribution in [3.8, 4) is 0 Å². The molecule has 0 unspecified atom stereocenters. The lowest BCUT2D eigenvalue weighted by molar-refractivity contribution is 0.737. The van der Waals surface area contributed by atoms with Gasteiger partial charge < -0.3 is 10.3 Å². The van der Waals surface area contributed by atoms with Gasteiger partial charge in [0.25, 0.3) is 0 Å². The fourth-order valence-corrected chi connectivity index (χ4v) is 1.59. The predicted molar refractivity (Wildman–Crippen MR) is 85.1 cm³/mol. The fourth-order valence-electron chi connectivity index (χ4n) is 1.59. The molecular weight excluding hydrogens is 281 g/mol. The molecule has 2 aromatic rings. The summed E-state index contributed by atoms with van der Waals surface area (Å²) in [5.74, 6) is 0. The lowest BCUT2D eigenvalue weighted by atomic mass is 10.2. The molecule has 2 N–H and O–H groups in total. The highest BCUT2D eigenvalue weighted by Crippen LogP contribution is 1.99. The van der Waals surface area contributed by atoms with E-state index in [1.54, 1.807) is 6.33 Å². The Bertz CT molecular complexity index is 441. The largest absolute Gasteiger partial charge is 0.348 e. The van der Waals surface area contributed by atoms with Crippen LogP contribution < -0.4 is 5.32 Å². The van der Waals surface area contributed by atoms with Gasteiger partial charge in [0.05, 0.1) is 6.33 Å². The summed E-state index contributed by atoms with van der Waals surface area (Å²) in [6, 6.07) is 10.3. The van der Waals surface area contributed by atoms with Crippen molar-refractivity contribution in [3.05, 3.63) is 60.2 Å². The Hall–Kier alpha value is -1.29. The maximum Gasteiger partial charge on any atom is 0.0921 e. The molecule has 104 valence electrons. The minimum absolute atomic E-state index is 0. The SMILES string of the molecule is C(=C\c1ccccc1)/CNCCc1cnc[nH]1.Cl.Cl. The van der Waals surface area contributed by atoms with Crippen molar-refractivity contribution in [2.45, 2.75) is 6.42 Å². The molecule has 0 aliphatic heterocycles. The second kappa shape index (κ2) is 10.6. The average Bonchev–Trinajstić information content (AvgIpc) is 2.88. The van der Waals surface area contributed by atoms with Crippen molar-refractivity contribution in [2.75, 3.05) is 13.1 Å². The number of imidazole rings is 1. The molecule has 0 radical (unpaired) electrons. The Labute approximate surface area is 126 Å². The molecule has 0 atom stereocenters. The summed E-state index contributed by atoms with van der Waals surface area (Å²) in [4.78, 5) is 7.06. The lowest BCUT2D eigenvalue weighted by Gasteiger charge is -1.99. The van der Waals surface area contributed by atoms with Gasteiger partial charge >= 0.3 is 0 Å². The van der Waals surface area contributed by atoms with Crippen LogP contribution in [-0.2, 0) is 6.42 Å². The summed E-state index contributed by atoms with van der Waals surface area (Å²) in [6.45, 7) is 1.85. The van der Waals surface area contributed by atoms with Crippen molar-refractivity contribution < 1.29 is 0 Å². The van der Waals surface area contributed by atoms with Gasteiger partial charge in [-0.2, -0.15) is 0 Å². The maximum absolute atomic E-state index is 3.98. The van der Waals surface area contributed by atoms with Gasteiger partial charge in [-0.05, 0) is 5.56 Å². The minimum atomic E-state index is 0. The molecular formula is C14H19Cl2N3. The molecule has 3 nitrogen and oxygen atoms in total.